The minimum atomic E-state index is -0.0885. The molecule has 3 atom stereocenters. The largest absolute Gasteiger partial charge is 0.466 e. The average molecular weight is 308 g/mol. The molecule has 0 unspecified atom stereocenters. The van der Waals surface area contributed by atoms with Crippen LogP contribution < -0.4 is 0 Å². The lowest BCUT2D eigenvalue weighted by atomic mass is 9.68. The summed E-state index contributed by atoms with van der Waals surface area (Å²) in [7, 11) is 0. The van der Waals surface area contributed by atoms with E-state index < -0.39 is 0 Å². The Morgan fingerprint density at radius 3 is 2.73 bits per heavy atom. The van der Waals surface area contributed by atoms with Gasteiger partial charge in [-0.1, -0.05) is 18.6 Å². The molecule has 0 amide bonds. The second-order valence-electron chi connectivity index (χ2n) is 8.08. The molecule has 0 heterocycles. The molecule has 2 rings (SSSR count). The number of hydrogen-bond donors (Lipinski definition) is 0. The Labute approximate surface area is 135 Å². The SMILES string of the molecule is CCOC(=O)CCC1=CC[C@@H]2CC[C@H](OC(C)(C)C)[C@@]2(C)C1. The molecule has 126 valence electrons. The van der Waals surface area contributed by atoms with Crippen molar-refractivity contribution in [2.75, 3.05) is 6.61 Å². The molecule has 0 bridgehead atoms. The van der Waals surface area contributed by atoms with Gasteiger partial charge in [0.25, 0.3) is 0 Å². The zero-order chi connectivity index (χ0) is 16.4. The van der Waals surface area contributed by atoms with Gasteiger partial charge in [-0.15, -0.1) is 0 Å². The van der Waals surface area contributed by atoms with Gasteiger partial charge in [0.05, 0.1) is 18.3 Å². The smallest absolute Gasteiger partial charge is 0.306 e. The zero-order valence-corrected chi connectivity index (χ0v) is 14.9. The lowest BCUT2D eigenvalue weighted by Gasteiger charge is -2.42. The normalized spacial score (nSPS) is 31.6. The van der Waals surface area contributed by atoms with Gasteiger partial charge in [0, 0.05) is 11.8 Å². The summed E-state index contributed by atoms with van der Waals surface area (Å²) in [5.74, 6) is 0.649. The maximum Gasteiger partial charge on any atom is 0.306 e. The summed E-state index contributed by atoms with van der Waals surface area (Å²) in [5.41, 5.74) is 1.55. The van der Waals surface area contributed by atoms with Crippen LogP contribution in [-0.4, -0.2) is 24.3 Å². The first-order chi connectivity index (χ1) is 10.2. The third kappa shape index (κ3) is 4.13. The topological polar surface area (TPSA) is 35.5 Å². The van der Waals surface area contributed by atoms with Crippen molar-refractivity contribution in [3.63, 3.8) is 0 Å². The fraction of sp³-hybridized carbons (Fsp3) is 0.842. The lowest BCUT2D eigenvalue weighted by molar-refractivity contribution is -0.143. The Morgan fingerprint density at radius 2 is 2.09 bits per heavy atom. The predicted octanol–water partition coefficient (Wildman–Crippen LogP) is 4.65. The Kier molecular flexibility index (Phi) is 5.37. The molecule has 0 aromatic carbocycles. The van der Waals surface area contributed by atoms with Gasteiger partial charge in [-0.05, 0) is 65.7 Å². The molecule has 1 fully saturated rings. The first kappa shape index (κ1) is 17.5. The van der Waals surface area contributed by atoms with Crippen molar-refractivity contribution in [1.29, 1.82) is 0 Å². The number of fused-ring (bicyclic) bond motifs is 1. The fourth-order valence-electron chi connectivity index (χ4n) is 4.10. The molecular formula is C19H32O3. The molecule has 0 spiro atoms. The zero-order valence-electron chi connectivity index (χ0n) is 14.9. The molecule has 0 N–H and O–H groups in total. The molecule has 2 aliphatic rings. The van der Waals surface area contributed by atoms with Crippen molar-refractivity contribution in [2.24, 2.45) is 11.3 Å². The predicted molar refractivity (Wildman–Crippen MR) is 88.6 cm³/mol. The van der Waals surface area contributed by atoms with Crippen molar-refractivity contribution >= 4 is 5.97 Å². The fourth-order valence-corrected chi connectivity index (χ4v) is 4.10. The summed E-state index contributed by atoms with van der Waals surface area (Å²) in [6.07, 6.45) is 8.68. The molecular weight excluding hydrogens is 276 g/mol. The highest BCUT2D eigenvalue weighted by Gasteiger charge is 2.49. The number of rotatable bonds is 5. The number of carbonyl (C=O) groups is 1. The van der Waals surface area contributed by atoms with Crippen LogP contribution in [0.1, 0.15) is 73.1 Å². The quantitative estimate of drug-likeness (QED) is 0.548. The number of hydrogen-bond acceptors (Lipinski definition) is 3. The number of esters is 1. The first-order valence-electron chi connectivity index (χ1n) is 8.76. The average Bonchev–Trinajstić information content (AvgIpc) is 2.71. The van der Waals surface area contributed by atoms with Crippen LogP contribution >= 0.6 is 0 Å². The molecule has 0 radical (unpaired) electrons. The Balaban J connectivity index is 1.98. The summed E-state index contributed by atoms with van der Waals surface area (Å²) in [6.45, 7) is 11.1. The van der Waals surface area contributed by atoms with E-state index in [-0.39, 0.29) is 17.0 Å². The highest BCUT2D eigenvalue weighted by molar-refractivity contribution is 5.69. The van der Waals surface area contributed by atoms with Crippen LogP contribution in [0.4, 0.5) is 0 Å². The van der Waals surface area contributed by atoms with Crippen molar-refractivity contribution in [3.8, 4) is 0 Å². The maximum atomic E-state index is 11.6. The first-order valence-corrected chi connectivity index (χ1v) is 8.76. The Morgan fingerprint density at radius 1 is 1.36 bits per heavy atom. The Bertz CT molecular complexity index is 432. The number of allylic oxidation sites excluding steroid dienone is 2. The van der Waals surface area contributed by atoms with E-state index in [4.69, 9.17) is 9.47 Å². The number of ether oxygens (including phenoxy) is 2. The van der Waals surface area contributed by atoms with Gasteiger partial charge in [0.1, 0.15) is 0 Å². The van der Waals surface area contributed by atoms with Gasteiger partial charge >= 0.3 is 5.97 Å². The highest BCUT2D eigenvalue weighted by Crippen LogP contribution is 2.54. The summed E-state index contributed by atoms with van der Waals surface area (Å²) in [5, 5.41) is 0. The van der Waals surface area contributed by atoms with E-state index in [0.717, 1.165) is 31.6 Å². The Hall–Kier alpha value is -0.830. The molecule has 3 heteroatoms. The van der Waals surface area contributed by atoms with Gasteiger partial charge < -0.3 is 9.47 Å². The molecule has 0 aliphatic heterocycles. The van der Waals surface area contributed by atoms with Crippen LogP contribution in [0.25, 0.3) is 0 Å². The third-order valence-electron chi connectivity index (χ3n) is 5.20. The van der Waals surface area contributed by atoms with E-state index in [1.807, 2.05) is 6.92 Å². The minimum Gasteiger partial charge on any atom is -0.466 e. The summed E-state index contributed by atoms with van der Waals surface area (Å²) in [6, 6.07) is 0. The van der Waals surface area contributed by atoms with E-state index >= 15 is 0 Å². The van der Waals surface area contributed by atoms with Gasteiger partial charge in [-0.25, -0.2) is 0 Å². The van der Waals surface area contributed by atoms with Crippen LogP contribution in [0, 0.1) is 11.3 Å². The van der Waals surface area contributed by atoms with E-state index in [2.05, 4.69) is 33.8 Å². The van der Waals surface area contributed by atoms with E-state index in [0.29, 0.717) is 19.1 Å². The molecule has 0 aromatic heterocycles. The maximum absolute atomic E-state index is 11.6. The van der Waals surface area contributed by atoms with Crippen molar-refractivity contribution < 1.29 is 14.3 Å². The van der Waals surface area contributed by atoms with Crippen LogP contribution in [0.2, 0.25) is 0 Å². The molecule has 3 nitrogen and oxygen atoms in total. The summed E-state index contributed by atoms with van der Waals surface area (Å²) >= 11 is 0. The molecule has 2 aliphatic carbocycles. The van der Waals surface area contributed by atoms with Crippen molar-refractivity contribution in [3.05, 3.63) is 11.6 Å². The molecule has 0 aromatic rings. The monoisotopic (exact) mass is 308 g/mol. The van der Waals surface area contributed by atoms with Crippen LogP contribution in [0.5, 0.6) is 0 Å². The van der Waals surface area contributed by atoms with Gasteiger partial charge in [-0.2, -0.15) is 0 Å². The lowest BCUT2D eigenvalue weighted by Crippen LogP contribution is -2.40. The standard InChI is InChI=1S/C19H32O3/c1-6-21-17(20)12-8-14-7-9-15-10-11-16(19(15,5)13-14)22-18(2,3)4/h7,15-16H,6,8-13H2,1-5H3/t15-,16+,19+/m1/s1. The van der Waals surface area contributed by atoms with Crippen LogP contribution in [-0.2, 0) is 14.3 Å². The summed E-state index contributed by atoms with van der Waals surface area (Å²) < 4.78 is 11.4. The van der Waals surface area contributed by atoms with Crippen molar-refractivity contribution in [1.82, 2.24) is 0 Å². The second kappa shape index (κ2) is 6.74. The molecule has 0 saturated heterocycles. The van der Waals surface area contributed by atoms with Crippen molar-refractivity contribution in [2.45, 2.75) is 84.8 Å². The molecule has 22 heavy (non-hydrogen) atoms. The van der Waals surface area contributed by atoms with Gasteiger partial charge in [-0.3, -0.25) is 4.79 Å². The second-order valence-corrected chi connectivity index (χ2v) is 8.08. The van der Waals surface area contributed by atoms with E-state index in [1.165, 1.54) is 12.0 Å². The van der Waals surface area contributed by atoms with E-state index in [1.54, 1.807) is 0 Å². The van der Waals surface area contributed by atoms with Crippen LogP contribution in [0.15, 0.2) is 11.6 Å². The van der Waals surface area contributed by atoms with Gasteiger partial charge in [0.15, 0.2) is 0 Å². The van der Waals surface area contributed by atoms with Gasteiger partial charge in [0.2, 0.25) is 0 Å². The van der Waals surface area contributed by atoms with Crippen LogP contribution in [0.3, 0.4) is 0 Å². The minimum absolute atomic E-state index is 0.0791. The highest BCUT2D eigenvalue weighted by atomic mass is 16.5. The summed E-state index contributed by atoms with van der Waals surface area (Å²) in [4.78, 5) is 11.6. The van der Waals surface area contributed by atoms with E-state index in [9.17, 15) is 4.79 Å². The molecule has 1 saturated carbocycles. The third-order valence-corrected chi connectivity index (χ3v) is 5.20. The number of carbonyl (C=O) groups excluding carboxylic acids is 1.